The van der Waals surface area contributed by atoms with Gasteiger partial charge in [0, 0.05) is 28.9 Å². The molecule has 0 saturated carbocycles. The van der Waals surface area contributed by atoms with E-state index in [9.17, 15) is 19.1 Å². The molecule has 25 heavy (non-hydrogen) atoms. The number of carbonyl (C=O) groups excluding carboxylic acids is 1. The van der Waals surface area contributed by atoms with Crippen LogP contribution in [0.5, 0.6) is 5.75 Å². The van der Waals surface area contributed by atoms with Gasteiger partial charge < -0.3 is 15.4 Å². The number of hydrogen-bond acceptors (Lipinski definition) is 3. The third-order valence-corrected chi connectivity index (χ3v) is 4.00. The molecule has 2 aromatic carbocycles. The van der Waals surface area contributed by atoms with Crippen molar-refractivity contribution in [2.45, 2.75) is 19.8 Å². The molecule has 3 rings (SSSR count). The first-order valence-electron chi connectivity index (χ1n) is 7.82. The Morgan fingerprint density at radius 2 is 1.96 bits per heavy atom. The van der Waals surface area contributed by atoms with Crippen molar-refractivity contribution in [3.8, 4) is 5.75 Å². The minimum Gasteiger partial charge on any atom is -0.508 e. The number of aromatic nitrogens is 1. The van der Waals surface area contributed by atoms with Crippen LogP contribution in [0.4, 0.5) is 10.1 Å². The molecule has 0 unspecified atom stereocenters. The molecule has 3 aromatic rings. The summed E-state index contributed by atoms with van der Waals surface area (Å²) in [5, 5.41) is 12.7. The number of hydrogen-bond donors (Lipinski definition) is 3. The van der Waals surface area contributed by atoms with E-state index in [-0.39, 0.29) is 22.6 Å². The van der Waals surface area contributed by atoms with Gasteiger partial charge in [-0.2, -0.15) is 0 Å². The van der Waals surface area contributed by atoms with Gasteiger partial charge in [-0.3, -0.25) is 9.59 Å². The van der Waals surface area contributed by atoms with E-state index in [1.165, 1.54) is 24.4 Å². The molecule has 6 heteroatoms. The quantitative estimate of drug-likeness (QED) is 0.679. The van der Waals surface area contributed by atoms with Crippen LogP contribution in [0, 0.1) is 5.82 Å². The first-order chi connectivity index (χ1) is 11.9. The van der Waals surface area contributed by atoms with Gasteiger partial charge in [0.1, 0.15) is 17.1 Å². The van der Waals surface area contributed by atoms with Crippen LogP contribution >= 0.6 is 0 Å². The van der Waals surface area contributed by atoms with Gasteiger partial charge >= 0.3 is 0 Å². The molecule has 5 nitrogen and oxygen atoms in total. The fourth-order valence-electron chi connectivity index (χ4n) is 2.67. The summed E-state index contributed by atoms with van der Waals surface area (Å²) in [6, 6.07) is 8.57. The number of rotatable bonds is 3. The Morgan fingerprint density at radius 1 is 1.20 bits per heavy atom. The average Bonchev–Trinajstić information content (AvgIpc) is 2.55. The van der Waals surface area contributed by atoms with Crippen LogP contribution in [0.3, 0.4) is 0 Å². The summed E-state index contributed by atoms with van der Waals surface area (Å²) in [7, 11) is 0. The number of fused-ring (bicyclic) bond motifs is 1. The standard InChI is InChI=1S/C19H17FN2O3/c1-10(2)13-5-4-12(8-17(13)23)22-19(25)15-9-21-16-6-3-11(20)7-14(16)18(15)24/h3-10,23H,1-2H3,(H,21,24)(H,22,25). The van der Waals surface area contributed by atoms with Gasteiger partial charge in [-0.05, 0) is 35.7 Å². The van der Waals surface area contributed by atoms with E-state index in [4.69, 9.17) is 0 Å². The van der Waals surface area contributed by atoms with Gasteiger partial charge in [0.05, 0.1) is 0 Å². The number of halogens is 1. The summed E-state index contributed by atoms with van der Waals surface area (Å²) in [5.74, 6) is -0.973. The van der Waals surface area contributed by atoms with Gasteiger partial charge in [0.25, 0.3) is 5.91 Å². The number of nitrogens with one attached hydrogen (secondary N) is 2. The highest BCUT2D eigenvalue weighted by atomic mass is 19.1. The summed E-state index contributed by atoms with van der Waals surface area (Å²) >= 11 is 0. The van der Waals surface area contributed by atoms with Crippen molar-refractivity contribution in [1.29, 1.82) is 0 Å². The number of phenols is 1. The molecule has 0 aliphatic heterocycles. The second-order valence-electron chi connectivity index (χ2n) is 6.10. The number of aromatic amines is 1. The zero-order valence-electron chi connectivity index (χ0n) is 13.8. The topological polar surface area (TPSA) is 82.2 Å². The fraction of sp³-hybridized carbons (Fsp3) is 0.158. The summed E-state index contributed by atoms with van der Waals surface area (Å²) in [5.41, 5.74) is 0.879. The first kappa shape index (κ1) is 16.7. The molecule has 1 amide bonds. The van der Waals surface area contributed by atoms with Crippen LogP contribution in [-0.2, 0) is 0 Å². The van der Waals surface area contributed by atoms with Crippen LogP contribution in [0.25, 0.3) is 10.9 Å². The van der Waals surface area contributed by atoms with E-state index >= 15 is 0 Å². The van der Waals surface area contributed by atoms with Gasteiger partial charge in [-0.25, -0.2) is 4.39 Å². The minimum atomic E-state index is -0.635. The Kier molecular flexibility index (Phi) is 4.27. The molecule has 1 aromatic heterocycles. The number of amides is 1. The lowest BCUT2D eigenvalue weighted by molar-refractivity contribution is 0.102. The second kappa shape index (κ2) is 6.39. The smallest absolute Gasteiger partial charge is 0.261 e. The highest BCUT2D eigenvalue weighted by molar-refractivity contribution is 6.05. The van der Waals surface area contributed by atoms with Crippen LogP contribution in [-0.4, -0.2) is 16.0 Å². The summed E-state index contributed by atoms with van der Waals surface area (Å²) < 4.78 is 13.4. The van der Waals surface area contributed by atoms with Crippen LogP contribution in [0.15, 0.2) is 47.4 Å². The van der Waals surface area contributed by atoms with Crippen LogP contribution in [0.2, 0.25) is 0 Å². The molecule has 3 N–H and O–H groups in total. The third kappa shape index (κ3) is 3.24. The van der Waals surface area contributed by atoms with E-state index < -0.39 is 17.2 Å². The average molecular weight is 340 g/mol. The van der Waals surface area contributed by atoms with Crippen molar-refractivity contribution in [2.24, 2.45) is 0 Å². The minimum absolute atomic E-state index is 0.0716. The molecular weight excluding hydrogens is 323 g/mol. The summed E-state index contributed by atoms with van der Waals surface area (Å²) in [6.07, 6.45) is 1.29. The van der Waals surface area contributed by atoms with Crippen molar-refractivity contribution in [1.82, 2.24) is 4.98 Å². The highest BCUT2D eigenvalue weighted by Crippen LogP contribution is 2.28. The van der Waals surface area contributed by atoms with Crippen molar-refractivity contribution < 1.29 is 14.3 Å². The fourth-order valence-corrected chi connectivity index (χ4v) is 2.67. The normalized spacial score (nSPS) is 11.0. The maximum atomic E-state index is 13.4. The Hall–Kier alpha value is -3.15. The lowest BCUT2D eigenvalue weighted by atomic mass is 10.0. The molecule has 1 heterocycles. The van der Waals surface area contributed by atoms with Gasteiger partial charge in [-0.1, -0.05) is 19.9 Å². The zero-order chi connectivity index (χ0) is 18.1. The number of anilines is 1. The zero-order valence-corrected chi connectivity index (χ0v) is 13.8. The van der Waals surface area contributed by atoms with Crippen molar-refractivity contribution in [2.75, 3.05) is 5.32 Å². The molecule has 0 spiro atoms. The SMILES string of the molecule is CC(C)c1ccc(NC(=O)c2c[nH]c3ccc(F)cc3c2=O)cc1O. The summed E-state index contributed by atoms with van der Waals surface area (Å²) in [6.45, 7) is 3.89. The molecule has 0 atom stereocenters. The Bertz CT molecular complexity index is 1020. The molecule has 128 valence electrons. The van der Waals surface area contributed by atoms with E-state index in [0.29, 0.717) is 11.2 Å². The van der Waals surface area contributed by atoms with Crippen molar-refractivity contribution in [3.05, 3.63) is 69.8 Å². The van der Waals surface area contributed by atoms with Crippen LogP contribution < -0.4 is 10.7 Å². The largest absolute Gasteiger partial charge is 0.508 e. The van der Waals surface area contributed by atoms with E-state index in [0.717, 1.165) is 11.6 Å². The number of carbonyl (C=O) groups is 1. The number of phenolic OH excluding ortho intramolecular Hbond substituents is 1. The Morgan fingerprint density at radius 3 is 2.64 bits per heavy atom. The second-order valence-corrected chi connectivity index (χ2v) is 6.10. The first-order valence-corrected chi connectivity index (χ1v) is 7.82. The number of H-pyrrole nitrogens is 1. The summed E-state index contributed by atoms with van der Waals surface area (Å²) in [4.78, 5) is 27.6. The maximum Gasteiger partial charge on any atom is 0.261 e. The molecule has 0 aliphatic rings. The van der Waals surface area contributed by atoms with Gasteiger partial charge in [0.15, 0.2) is 0 Å². The predicted octanol–water partition coefficient (Wildman–Crippen LogP) is 3.75. The molecule has 0 radical (unpaired) electrons. The number of pyridine rings is 1. The predicted molar refractivity (Wildman–Crippen MR) is 94.7 cm³/mol. The lowest BCUT2D eigenvalue weighted by Crippen LogP contribution is -2.22. The molecule has 0 saturated heterocycles. The van der Waals surface area contributed by atoms with Crippen molar-refractivity contribution in [3.63, 3.8) is 0 Å². The lowest BCUT2D eigenvalue weighted by Gasteiger charge is -2.11. The maximum absolute atomic E-state index is 13.4. The number of benzene rings is 2. The van der Waals surface area contributed by atoms with E-state index in [2.05, 4.69) is 10.3 Å². The third-order valence-electron chi connectivity index (χ3n) is 4.00. The molecule has 0 bridgehead atoms. The number of aromatic hydroxyl groups is 1. The molecule has 0 aliphatic carbocycles. The Labute approximate surface area is 143 Å². The van der Waals surface area contributed by atoms with Crippen LogP contribution in [0.1, 0.15) is 35.7 Å². The van der Waals surface area contributed by atoms with Gasteiger partial charge in [-0.15, -0.1) is 0 Å². The molecular formula is C19H17FN2O3. The molecule has 0 fully saturated rings. The Balaban J connectivity index is 1.94. The monoisotopic (exact) mass is 340 g/mol. The van der Waals surface area contributed by atoms with Crippen molar-refractivity contribution >= 4 is 22.5 Å². The van der Waals surface area contributed by atoms with E-state index in [1.54, 1.807) is 12.1 Å². The van der Waals surface area contributed by atoms with E-state index in [1.807, 2.05) is 13.8 Å². The van der Waals surface area contributed by atoms with Gasteiger partial charge in [0.2, 0.25) is 5.43 Å². The highest BCUT2D eigenvalue weighted by Gasteiger charge is 2.15.